The molecule has 0 radical (unpaired) electrons. The number of nitrogens with one attached hydrogen (secondary N) is 1. The van der Waals surface area contributed by atoms with Crippen molar-refractivity contribution < 1.29 is 4.74 Å². The van der Waals surface area contributed by atoms with Crippen LogP contribution in [0.25, 0.3) is 0 Å². The van der Waals surface area contributed by atoms with Crippen LogP contribution in [0.2, 0.25) is 0 Å². The average molecular weight is 239 g/mol. The Morgan fingerprint density at radius 3 is 2.67 bits per heavy atom. The van der Waals surface area contributed by atoms with E-state index in [0.29, 0.717) is 18.0 Å². The second-order valence-electron chi connectivity index (χ2n) is 3.67. The van der Waals surface area contributed by atoms with E-state index < -0.39 is 0 Å². The van der Waals surface area contributed by atoms with Crippen molar-refractivity contribution >= 4 is 5.69 Å². The topological polar surface area (TPSA) is 68.8 Å². The number of para-hydroxylation sites is 2. The third-order valence-electron chi connectivity index (χ3n) is 1.97. The Bertz CT molecular complexity index is 531. The summed E-state index contributed by atoms with van der Waals surface area (Å²) in [6.45, 7) is 6.05. The van der Waals surface area contributed by atoms with Crippen LogP contribution in [-0.4, -0.2) is 6.61 Å². The molecule has 1 N–H and O–H groups in total. The van der Waals surface area contributed by atoms with Gasteiger partial charge in [0.1, 0.15) is 30.1 Å². The number of nitriles is 2. The number of nitrogens with zero attached hydrogens (tertiary/aromatic N) is 2. The molecule has 0 aromatic heterocycles. The summed E-state index contributed by atoms with van der Waals surface area (Å²) in [6, 6.07) is 10.8. The van der Waals surface area contributed by atoms with E-state index in [9.17, 15) is 0 Å². The van der Waals surface area contributed by atoms with Crippen LogP contribution in [0.15, 0.2) is 48.2 Å². The Hall–Kier alpha value is -2.72. The molecule has 0 atom stereocenters. The fraction of sp³-hybridized carbons (Fsp3) is 0.143. The minimum atomic E-state index is 0.00436. The molecule has 0 unspecified atom stereocenters. The van der Waals surface area contributed by atoms with Crippen LogP contribution in [0.4, 0.5) is 5.69 Å². The maximum Gasteiger partial charge on any atom is 0.145 e. The molecule has 0 heterocycles. The van der Waals surface area contributed by atoms with Gasteiger partial charge in [0.05, 0.1) is 5.69 Å². The number of hydrogen-bond donors (Lipinski definition) is 1. The van der Waals surface area contributed by atoms with Crippen molar-refractivity contribution in [2.75, 3.05) is 11.9 Å². The van der Waals surface area contributed by atoms with Crippen molar-refractivity contribution in [1.82, 2.24) is 0 Å². The van der Waals surface area contributed by atoms with E-state index in [1.165, 1.54) is 6.20 Å². The summed E-state index contributed by atoms with van der Waals surface area (Å²) in [6.07, 6.45) is 1.35. The summed E-state index contributed by atoms with van der Waals surface area (Å²) in [5.41, 5.74) is 1.61. The Kier molecular flexibility index (Phi) is 5.02. The molecule has 0 fully saturated rings. The van der Waals surface area contributed by atoms with E-state index in [4.69, 9.17) is 15.3 Å². The molecule has 0 spiro atoms. The van der Waals surface area contributed by atoms with Gasteiger partial charge in [0, 0.05) is 6.20 Å². The molecule has 0 aliphatic carbocycles. The predicted octanol–water partition coefficient (Wildman–Crippen LogP) is 2.98. The summed E-state index contributed by atoms with van der Waals surface area (Å²) in [7, 11) is 0. The quantitative estimate of drug-likeness (QED) is 0.633. The summed E-state index contributed by atoms with van der Waals surface area (Å²) in [4.78, 5) is 0. The fourth-order valence-corrected chi connectivity index (χ4v) is 1.15. The first-order valence-corrected chi connectivity index (χ1v) is 5.30. The first-order chi connectivity index (χ1) is 8.67. The number of hydrogen-bond acceptors (Lipinski definition) is 4. The van der Waals surface area contributed by atoms with E-state index in [-0.39, 0.29) is 5.57 Å². The first-order valence-electron chi connectivity index (χ1n) is 5.30. The normalized spacial score (nSPS) is 8.61. The highest BCUT2D eigenvalue weighted by molar-refractivity contribution is 5.59. The summed E-state index contributed by atoms with van der Waals surface area (Å²) in [5, 5.41) is 20.1. The Balaban J connectivity index is 2.83. The smallest absolute Gasteiger partial charge is 0.145 e. The van der Waals surface area contributed by atoms with Crippen molar-refractivity contribution in [3.63, 3.8) is 0 Å². The van der Waals surface area contributed by atoms with Gasteiger partial charge in [0.15, 0.2) is 0 Å². The predicted molar refractivity (Wildman–Crippen MR) is 69.7 cm³/mol. The molecule has 4 nitrogen and oxygen atoms in total. The molecule has 0 aliphatic heterocycles. The molecule has 0 bridgehead atoms. The molecule has 0 saturated heterocycles. The van der Waals surface area contributed by atoms with Crippen molar-refractivity contribution in [1.29, 1.82) is 10.5 Å². The van der Waals surface area contributed by atoms with Crippen LogP contribution in [0.5, 0.6) is 5.75 Å². The van der Waals surface area contributed by atoms with E-state index in [1.54, 1.807) is 24.3 Å². The summed E-state index contributed by atoms with van der Waals surface area (Å²) in [5.74, 6) is 0.645. The Morgan fingerprint density at radius 1 is 1.39 bits per heavy atom. The Labute approximate surface area is 106 Å². The van der Waals surface area contributed by atoms with Gasteiger partial charge in [-0.25, -0.2) is 0 Å². The molecule has 90 valence electrons. The zero-order valence-electron chi connectivity index (χ0n) is 10.1. The maximum absolute atomic E-state index is 8.63. The van der Waals surface area contributed by atoms with Crippen LogP contribution in [-0.2, 0) is 0 Å². The molecule has 1 aromatic rings. The minimum absolute atomic E-state index is 0.00436. The van der Waals surface area contributed by atoms with Gasteiger partial charge in [-0.3, -0.25) is 0 Å². The second-order valence-corrected chi connectivity index (χ2v) is 3.67. The number of anilines is 1. The van der Waals surface area contributed by atoms with Gasteiger partial charge >= 0.3 is 0 Å². The van der Waals surface area contributed by atoms with E-state index >= 15 is 0 Å². The zero-order valence-corrected chi connectivity index (χ0v) is 10.1. The fourth-order valence-electron chi connectivity index (χ4n) is 1.15. The molecule has 0 saturated carbocycles. The van der Waals surface area contributed by atoms with Crippen LogP contribution < -0.4 is 10.1 Å². The van der Waals surface area contributed by atoms with Crippen LogP contribution >= 0.6 is 0 Å². The number of allylic oxidation sites excluding steroid dienone is 1. The van der Waals surface area contributed by atoms with Gasteiger partial charge in [-0.15, -0.1) is 0 Å². The maximum atomic E-state index is 8.63. The number of ether oxygens (including phenoxy) is 1. The van der Waals surface area contributed by atoms with Crippen molar-refractivity contribution in [3.8, 4) is 17.9 Å². The molecular weight excluding hydrogens is 226 g/mol. The summed E-state index contributed by atoms with van der Waals surface area (Å²) >= 11 is 0. The molecule has 0 aliphatic rings. The van der Waals surface area contributed by atoms with E-state index in [1.807, 2.05) is 19.1 Å². The van der Waals surface area contributed by atoms with Crippen molar-refractivity contribution in [3.05, 3.63) is 48.2 Å². The monoisotopic (exact) mass is 239 g/mol. The lowest BCUT2D eigenvalue weighted by Gasteiger charge is -2.10. The van der Waals surface area contributed by atoms with Crippen LogP contribution in [0.3, 0.4) is 0 Å². The largest absolute Gasteiger partial charge is 0.487 e. The average Bonchev–Trinajstić information content (AvgIpc) is 2.38. The third-order valence-corrected chi connectivity index (χ3v) is 1.97. The van der Waals surface area contributed by atoms with Crippen molar-refractivity contribution in [2.45, 2.75) is 6.92 Å². The lowest BCUT2D eigenvalue weighted by molar-refractivity contribution is 0.354. The summed E-state index contributed by atoms with van der Waals surface area (Å²) < 4.78 is 5.54. The van der Waals surface area contributed by atoms with Gasteiger partial charge in [-0.1, -0.05) is 18.7 Å². The van der Waals surface area contributed by atoms with Gasteiger partial charge in [-0.2, -0.15) is 10.5 Å². The van der Waals surface area contributed by atoms with Gasteiger partial charge in [0.25, 0.3) is 0 Å². The molecule has 18 heavy (non-hydrogen) atoms. The van der Waals surface area contributed by atoms with E-state index in [0.717, 1.165) is 5.57 Å². The van der Waals surface area contributed by atoms with Gasteiger partial charge < -0.3 is 10.1 Å². The lowest BCUT2D eigenvalue weighted by atomic mass is 10.3. The molecule has 1 rings (SSSR count). The van der Waals surface area contributed by atoms with Gasteiger partial charge in [0.2, 0.25) is 0 Å². The van der Waals surface area contributed by atoms with Crippen molar-refractivity contribution in [2.24, 2.45) is 0 Å². The molecule has 4 heteroatoms. The Morgan fingerprint density at radius 2 is 2.06 bits per heavy atom. The zero-order chi connectivity index (χ0) is 13.4. The highest BCUT2D eigenvalue weighted by Crippen LogP contribution is 2.24. The number of rotatable bonds is 5. The minimum Gasteiger partial charge on any atom is -0.487 e. The first kappa shape index (κ1) is 13.3. The van der Waals surface area contributed by atoms with Gasteiger partial charge in [-0.05, 0) is 24.6 Å². The van der Waals surface area contributed by atoms with Crippen LogP contribution in [0.1, 0.15) is 6.92 Å². The molecular formula is C14H13N3O. The third kappa shape index (κ3) is 4.03. The highest BCUT2D eigenvalue weighted by Gasteiger charge is 2.01. The lowest BCUT2D eigenvalue weighted by Crippen LogP contribution is -2.00. The highest BCUT2D eigenvalue weighted by atomic mass is 16.5. The SMILES string of the molecule is C=C(C)COc1ccccc1NC=C(C#N)C#N. The van der Waals surface area contributed by atoms with Crippen LogP contribution in [0, 0.1) is 22.7 Å². The standard InChI is InChI=1S/C14H13N3O/c1-11(2)10-18-14-6-4-3-5-13(14)17-9-12(7-15)8-16/h3-6,9,17H,1,10H2,2H3. The second kappa shape index (κ2) is 6.78. The molecule has 0 amide bonds. The number of benzene rings is 1. The van der Waals surface area contributed by atoms with E-state index in [2.05, 4.69) is 11.9 Å². The molecule has 1 aromatic carbocycles.